The first-order valence-corrected chi connectivity index (χ1v) is 7.14. The standard InChI is InChI=1S/C13H17BrN2O5/c1-3-16-7-8(14)6-10(16)12(18)15-9(13(19)20)4-5-11(17)21-2/h6-7,9H,3-5H2,1-2H3,(H,15,18)(H,19,20). The Morgan fingerprint density at radius 3 is 2.67 bits per heavy atom. The van der Waals surface area contributed by atoms with Crippen molar-refractivity contribution in [1.29, 1.82) is 0 Å². The van der Waals surface area contributed by atoms with Crippen LogP contribution in [-0.2, 0) is 20.9 Å². The summed E-state index contributed by atoms with van der Waals surface area (Å²) >= 11 is 3.27. The summed E-state index contributed by atoms with van der Waals surface area (Å²) in [6, 6.07) is 0.466. The van der Waals surface area contributed by atoms with Crippen LogP contribution in [0.1, 0.15) is 30.3 Å². The topological polar surface area (TPSA) is 97.6 Å². The maximum Gasteiger partial charge on any atom is 0.326 e. The number of nitrogens with zero attached hydrogens (tertiary/aromatic N) is 1. The van der Waals surface area contributed by atoms with E-state index in [1.165, 1.54) is 7.11 Å². The zero-order valence-electron chi connectivity index (χ0n) is 11.8. The minimum Gasteiger partial charge on any atom is -0.480 e. The van der Waals surface area contributed by atoms with Gasteiger partial charge in [0.1, 0.15) is 11.7 Å². The van der Waals surface area contributed by atoms with E-state index in [0.717, 1.165) is 4.47 Å². The minimum absolute atomic E-state index is 0.0260. The quantitative estimate of drug-likeness (QED) is 0.716. The number of hydrogen-bond donors (Lipinski definition) is 2. The Balaban J connectivity index is 2.76. The number of rotatable bonds is 7. The number of carboxylic acids is 1. The van der Waals surface area contributed by atoms with Crippen LogP contribution in [0.2, 0.25) is 0 Å². The van der Waals surface area contributed by atoms with E-state index in [0.29, 0.717) is 12.2 Å². The van der Waals surface area contributed by atoms with Gasteiger partial charge in [0.2, 0.25) is 0 Å². The Morgan fingerprint density at radius 1 is 1.48 bits per heavy atom. The fourth-order valence-corrected chi connectivity index (χ4v) is 2.24. The summed E-state index contributed by atoms with van der Waals surface area (Å²) < 4.78 is 6.88. The van der Waals surface area contributed by atoms with E-state index in [4.69, 9.17) is 5.11 Å². The molecule has 0 aromatic carbocycles. The number of carboxylic acid groups (broad SMARTS) is 1. The summed E-state index contributed by atoms with van der Waals surface area (Å²) in [5, 5.41) is 11.5. The van der Waals surface area contributed by atoms with E-state index in [1.807, 2.05) is 6.92 Å². The van der Waals surface area contributed by atoms with Crippen molar-refractivity contribution in [2.45, 2.75) is 32.4 Å². The molecule has 0 spiro atoms. The monoisotopic (exact) mass is 360 g/mol. The van der Waals surface area contributed by atoms with Crippen molar-refractivity contribution in [2.24, 2.45) is 0 Å². The van der Waals surface area contributed by atoms with Crippen molar-refractivity contribution in [3.05, 3.63) is 22.4 Å². The molecule has 1 heterocycles. The van der Waals surface area contributed by atoms with E-state index in [2.05, 4.69) is 26.0 Å². The molecule has 1 atom stereocenters. The fourth-order valence-electron chi connectivity index (χ4n) is 1.78. The molecule has 1 amide bonds. The number of methoxy groups -OCH3 is 1. The number of carbonyl (C=O) groups is 3. The summed E-state index contributed by atoms with van der Waals surface area (Å²) in [6.45, 7) is 2.45. The number of aromatic nitrogens is 1. The minimum atomic E-state index is -1.19. The predicted molar refractivity (Wildman–Crippen MR) is 77.9 cm³/mol. The van der Waals surface area contributed by atoms with Crippen molar-refractivity contribution in [3.63, 3.8) is 0 Å². The second-order valence-electron chi connectivity index (χ2n) is 4.31. The van der Waals surface area contributed by atoms with E-state index < -0.39 is 23.9 Å². The lowest BCUT2D eigenvalue weighted by Crippen LogP contribution is -2.41. The number of halogens is 1. The number of esters is 1. The van der Waals surface area contributed by atoms with Gasteiger partial charge in [-0.2, -0.15) is 0 Å². The fraction of sp³-hybridized carbons (Fsp3) is 0.462. The van der Waals surface area contributed by atoms with E-state index in [-0.39, 0.29) is 12.8 Å². The van der Waals surface area contributed by atoms with Gasteiger partial charge in [0, 0.05) is 23.6 Å². The second kappa shape index (κ2) is 7.82. The third-order valence-corrected chi connectivity index (χ3v) is 3.34. The first-order chi connectivity index (χ1) is 9.88. The van der Waals surface area contributed by atoms with Crippen LogP contribution in [-0.4, -0.2) is 40.7 Å². The maximum atomic E-state index is 12.1. The smallest absolute Gasteiger partial charge is 0.326 e. The molecule has 1 unspecified atom stereocenters. The highest BCUT2D eigenvalue weighted by molar-refractivity contribution is 9.10. The lowest BCUT2D eigenvalue weighted by Gasteiger charge is -2.14. The van der Waals surface area contributed by atoms with Crippen molar-refractivity contribution in [1.82, 2.24) is 9.88 Å². The summed E-state index contributed by atoms with van der Waals surface area (Å²) in [4.78, 5) is 34.3. The van der Waals surface area contributed by atoms with Gasteiger partial charge in [-0.25, -0.2) is 4.79 Å². The second-order valence-corrected chi connectivity index (χ2v) is 5.22. The first-order valence-electron chi connectivity index (χ1n) is 6.35. The van der Waals surface area contributed by atoms with Crippen molar-refractivity contribution in [2.75, 3.05) is 7.11 Å². The molecule has 0 aliphatic heterocycles. The zero-order valence-corrected chi connectivity index (χ0v) is 13.3. The predicted octanol–water partition coefficient (Wildman–Crippen LogP) is 1.41. The molecule has 0 aliphatic rings. The van der Waals surface area contributed by atoms with E-state index in [9.17, 15) is 14.4 Å². The van der Waals surface area contributed by atoms with Crippen LogP contribution >= 0.6 is 15.9 Å². The third-order valence-electron chi connectivity index (χ3n) is 2.90. The molecule has 0 saturated heterocycles. The van der Waals surface area contributed by atoms with Crippen LogP contribution in [0.5, 0.6) is 0 Å². The Labute approximate surface area is 130 Å². The molecule has 0 bridgehead atoms. The Morgan fingerprint density at radius 2 is 2.14 bits per heavy atom. The van der Waals surface area contributed by atoms with Gasteiger partial charge in [-0.05, 0) is 35.3 Å². The highest BCUT2D eigenvalue weighted by Crippen LogP contribution is 2.15. The zero-order chi connectivity index (χ0) is 16.0. The van der Waals surface area contributed by atoms with E-state index >= 15 is 0 Å². The van der Waals surface area contributed by atoms with Gasteiger partial charge >= 0.3 is 11.9 Å². The molecule has 0 fully saturated rings. The first kappa shape index (κ1) is 17.2. The van der Waals surface area contributed by atoms with Crippen LogP contribution in [0.4, 0.5) is 0 Å². The molecule has 21 heavy (non-hydrogen) atoms. The third kappa shape index (κ3) is 4.89. The summed E-state index contributed by atoms with van der Waals surface area (Å²) in [5.74, 6) is -2.21. The molecule has 1 aromatic heterocycles. The van der Waals surface area contributed by atoms with E-state index in [1.54, 1.807) is 16.8 Å². The normalized spacial score (nSPS) is 11.8. The number of aryl methyl sites for hydroxylation is 1. The Bertz CT molecular complexity index is 541. The Kier molecular flexibility index (Phi) is 6.41. The average molecular weight is 361 g/mol. The van der Waals surface area contributed by atoms with Crippen molar-refractivity contribution < 1.29 is 24.2 Å². The molecule has 2 N–H and O–H groups in total. The molecule has 1 aromatic rings. The number of nitrogens with one attached hydrogen (secondary N) is 1. The van der Waals surface area contributed by atoms with Crippen LogP contribution in [0.25, 0.3) is 0 Å². The van der Waals surface area contributed by atoms with Gasteiger partial charge in [0.05, 0.1) is 7.11 Å². The lowest BCUT2D eigenvalue weighted by atomic mass is 10.1. The molecule has 0 aliphatic carbocycles. The number of aliphatic carboxylic acids is 1. The summed E-state index contributed by atoms with van der Waals surface area (Å²) in [6.07, 6.45) is 1.63. The molecule has 0 radical (unpaired) electrons. The van der Waals surface area contributed by atoms with Gasteiger partial charge < -0.3 is 19.7 Å². The lowest BCUT2D eigenvalue weighted by molar-refractivity contribution is -0.142. The van der Waals surface area contributed by atoms with Crippen LogP contribution in [0.15, 0.2) is 16.7 Å². The molecule has 116 valence electrons. The number of amides is 1. The van der Waals surface area contributed by atoms with Gasteiger partial charge in [-0.3, -0.25) is 9.59 Å². The number of ether oxygens (including phenoxy) is 1. The average Bonchev–Trinajstić information content (AvgIpc) is 2.83. The number of carbonyl (C=O) groups excluding carboxylic acids is 2. The van der Waals surface area contributed by atoms with Crippen LogP contribution in [0, 0.1) is 0 Å². The maximum absolute atomic E-state index is 12.1. The van der Waals surface area contributed by atoms with Crippen molar-refractivity contribution in [3.8, 4) is 0 Å². The van der Waals surface area contributed by atoms with Gasteiger partial charge in [0.25, 0.3) is 5.91 Å². The van der Waals surface area contributed by atoms with Crippen LogP contribution in [0.3, 0.4) is 0 Å². The Hall–Kier alpha value is -1.83. The molecule has 8 heteroatoms. The summed E-state index contributed by atoms with van der Waals surface area (Å²) in [5.41, 5.74) is 0.355. The van der Waals surface area contributed by atoms with Crippen molar-refractivity contribution >= 4 is 33.8 Å². The van der Waals surface area contributed by atoms with Crippen LogP contribution < -0.4 is 5.32 Å². The molecular formula is C13H17BrN2O5. The molecular weight excluding hydrogens is 344 g/mol. The molecule has 0 saturated carbocycles. The highest BCUT2D eigenvalue weighted by Gasteiger charge is 2.23. The van der Waals surface area contributed by atoms with Gasteiger partial charge in [-0.15, -0.1) is 0 Å². The van der Waals surface area contributed by atoms with Gasteiger partial charge in [-0.1, -0.05) is 0 Å². The molecule has 1 rings (SSSR count). The molecule has 7 nitrogen and oxygen atoms in total. The van der Waals surface area contributed by atoms with Gasteiger partial charge in [0.15, 0.2) is 0 Å². The SMILES string of the molecule is CCn1cc(Br)cc1C(=O)NC(CCC(=O)OC)C(=O)O. The largest absolute Gasteiger partial charge is 0.480 e. The highest BCUT2D eigenvalue weighted by atomic mass is 79.9. The summed E-state index contributed by atoms with van der Waals surface area (Å²) in [7, 11) is 1.22. The number of hydrogen-bond acceptors (Lipinski definition) is 4.